The predicted octanol–water partition coefficient (Wildman–Crippen LogP) is 4.86. The molecule has 0 aliphatic heterocycles. The molecule has 3 aromatic carbocycles. The van der Waals surface area contributed by atoms with E-state index in [2.05, 4.69) is 10.5 Å². The number of nitrogens with one attached hydrogen (secondary N) is 1. The molecule has 1 aliphatic carbocycles. The van der Waals surface area contributed by atoms with Crippen LogP contribution < -0.4 is 5.43 Å². The number of halogens is 2. The van der Waals surface area contributed by atoms with Crippen LogP contribution in [-0.4, -0.2) is 22.3 Å². The van der Waals surface area contributed by atoms with Gasteiger partial charge in [0.1, 0.15) is 11.5 Å². The molecule has 0 heterocycles. The lowest BCUT2D eigenvalue weighted by molar-refractivity contribution is -0.122. The van der Waals surface area contributed by atoms with E-state index >= 15 is 0 Å². The van der Waals surface area contributed by atoms with Crippen LogP contribution >= 0.6 is 23.2 Å². The molecule has 1 saturated carbocycles. The third kappa shape index (κ3) is 3.86. The maximum atomic E-state index is 12.9. The fourth-order valence-corrected chi connectivity index (χ4v) is 4.02. The Morgan fingerprint density at radius 1 is 0.967 bits per heavy atom. The van der Waals surface area contributed by atoms with Crippen molar-refractivity contribution < 1.29 is 15.0 Å². The highest BCUT2D eigenvalue weighted by Gasteiger charge is 2.60. The van der Waals surface area contributed by atoms with Crippen molar-refractivity contribution in [3.05, 3.63) is 93.5 Å². The van der Waals surface area contributed by atoms with Crippen molar-refractivity contribution in [3.63, 3.8) is 0 Å². The van der Waals surface area contributed by atoms with Crippen LogP contribution in [0.4, 0.5) is 0 Å². The van der Waals surface area contributed by atoms with Crippen molar-refractivity contribution in [2.24, 2.45) is 11.0 Å². The number of aromatic hydroxyl groups is 2. The molecule has 0 bridgehead atoms. The van der Waals surface area contributed by atoms with E-state index in [0.717, 1.165) is 11.1 Å². The standard InChI is InChI=1S/C23H18Cl2N2O3/c24-17-6-2-15(3-7-17)23(16-4-8-18(25)9-5-16)12-20(23)22(30)27-26-13-14-1-10-19(28)11-21(14)29/h1-11,13,20,28-29H,12H2,(H,27,30)/b26-13-/t20-/m1/s1. The number of phenolic OH excluding ortho intramolecular Hbond substituents is 2. The predicted molar refractivity (Wildman–Crippen MR) is 117 cm³/mol. The molecule has 0 spiro atoms. The van der Waals surface area contributed by atoms with Gasteiger partial charge in [-0.1, -0.05) is 47.5 Å². The Morgan fingerprint density at radius 3 is 2.07 bits per heavy atom. The van der Waals surface area contributed by atoms with Crippen molar-refractivity contribution in [1.29, 1.82) is 0 Å². The normalized spacial score (nSPS) is 17.1. The largest absolute Gasteiger partial charge is 0.508 e. The SMILES string of the molecule is O=C(N/N=C\c1ccc(O)cc1O)[C@H]1CC1(c1ccc(Cl)cc1)c1ccc(Cl)cc1. The van der Waals surface area contributed by atoms with E-state index < -0.39 is 5.41 Å². The third-order valence-electron chi connectivity index (χ3n) is 5.39. The van der Waals surface area contributed by atoms with Gasteiger partial charge in [-0.15, -0.1) is 0 Å². The monoisotopic (exact) mass is 440 g/mol. The van der Waals surface area contributed by atoms with Crippen LogP contribution in [0.5, 0.6) is 11.5 Å². The van der Waals surface area contributed by atoms with Gasteiger partial charge in [0.05, 0.1) is 12.1 Å². The van der Waals surface area contributed by atoms with E-state index in [1.165, 1.54) is 24.4 Å². The topological polar surface area (TPSA) is 81.9 Å². The minimum atomic E-state index is -0.477. The first-order valence-corrected chi connectivity index (χ1v) is 10.0. The smallest absolute Gasteiger partial charge is 0.244 e. The van der Waals surface area contributed by atoms with Gasteiger partial charge in [-0.05, 0) is 53.9 Å². The zero-order chi connectivity index (χ0) is 21.3. The van der Waals surface area contributed by atoms with Crippen LogP contribution in [0.15, 0.2) is 71.8 Å². The van der Waals surface area contributed by atoms with Gasteiger partial charge in [0.2, 0.25) is 5.91 Å². The molecule has 0 unspecified atom stereocenters. The average molecular weight is 441 g/mol. The van der Waals surface area contributed by atoms with E-state index in [0.29, 0.717) is 22.0 Å². The van der Waals surface area contributed by atoms with E-state index in [1.54, 1.807) is 0 Å². The Morgan fingerprint density at radius 2 is 1.53 bits per heavy atom. The van der Waals surface area contributed by atoms with Crippen molar-refractivity contribution in [2.45, 2.75) is 11.8 Å². The first kappa shape index (κ1) is 20.3. The highest BCUT2D eigenvalue weighted by Crippen LogP contribution is 2.59. The Bertz CT molecular complexity index is 1070. The van der Waals surface area contributed by atoms with Gasteiger partial charge in [0, 0.05) is 27.1 Å². The Labute approximate surface area is 183 Å². The molecule has 0 saturated heterocycles. The molecule has 3 aromatic rings. The molecule has 1 amide bonds. The lowest BCUT2D eigenvalue weighted by Gasteiger charge is -2.19. The number of hydrogen-bond acceptors (Lipinski definition) is 4. The van der Waals surface area contributed by atoms with E-state index in [4.69, 9.17) is 23.2 Å². The summed E-state index contributed by atoms with van der Waals surface area (Å²) in [4.78, 5) is 12.9. The molecule has 30 heavy (non-hydrogen) atoms. The zero-order valence-corrected chi connectivity index (χ0v) is 17.2. The second kappa shape index (κ2) is 8.01. The van der Waals surface area contributed by atoms with Gasteiger partial charge in [-0.3, -0.25) is 4.79 Å². The molecule has 1 fully saturated rings. The Balaban J connectivity index is 1.57. The fraction of sp³-hybridized carbons (Fsp3) is 0.130. The van der Waals surface area contributed by atoms with Gasteiger partial charge in [-0.25, -0.2) is 5.43 Å². The van der Waals surface area contributed by atoms with Crippen molar-refractivity contribution >= 4 is 35.3 Å². The van der Waals surface area contributed by atoms with Gasteiger partial charge < -0.3 is 10.2 Å². The summed E-state index contributed by atoms with van der Waals surface area (Å²) in [6, 6.07) is 19.1. The lowest BCUT2D eigenvalue weighted by Crippen LogP contribution is -2.25. The van der Waals surface area contributed by atoms with Crippen molar-refractivity contribution in [1.82, 2.24) is 5.43 Å². The number of rotatable bonds is 5. The third-order valence-corrected chi connectivity index (χ3v) is 5.89. The van der Waals surface area contributed by atoms with Gasteiger partial charge in [0.15, 0.2) is 0 Å². The quantitative estimate of drug-likeness (QED) is 0.391. The van der Waals surface area contributed by atoms with Crippen LogP contribution in [-0.2, 0) is 10.2 Å². The molecule has 4 rings (SSSR count). The number of carbonyl (C=O) groups excluding carboxylic acids is 1. The summed E-state index contributed by atoms with van der Waals surface area (Å²) in [5.74, 6) is -0.724. The number of carbonyl (C=O) groups is 1. The molecule has 5 nitrogen and oxygen atoms in total. The molecule has 7 heteroatoms. The minimum absolute atomic E-state index is 0.0534. The van der Waals surface area contributed by atoms with E-state index in [9.17, 15) is 15.0 Å². The molecule has 0 aromatic heterocycles. The molecule has 152 valence electrons. The number of hydrogen-bond donors (Lipinski definition) is 3. The maximum Gasteiger partial charge on any atom is 0.244 e. The molecular formula is C23H18Cl2N2O3. The maximum absolute atomic E-state index is 12.9. The molecule has 1 aliphatic rings. The van der Waals surface area contributed by atoms with Gasteiger partial charge >= 0.3 is 0 Å². The second-order valence-corrected chi connectivity index (χ2v) is 8.09. The van der Waals surface area contributed by atoms with Crippen LogP contribution in [0, 0.1) is 5.92 Å². The van der Waals surface area contributed by atoms with E-state index in [-0.39, 0.29) is 23.3 Å². The van der Waals surface area contributed by atoms with Gasteiger partial charge in [0.25, 0.3) is 0 Å². The Hall–Kier alpha value is -3.02. The zero-order valence-electron chi connectivity index (χ0n) is 15.7. The molecule has 0 radical (unpaired) electrons. The number of hydrazone groups is 1. The summed E-state index contributed by atoms with van der Waals surface area (Å²) in [6.45, 7) is 0. The Kier molecular flexibility index (Phi) is 5.41. The summed E-state index contributed by atoms with van der Waals surface area (Å²) in [5, 5.41) is 24.4. The van der Waals surface area contributed by atoms with Crippen LogP contribution in [0.25, 0.3) is 0 Å². The first-order chi connectivity index (χ1) is 14.4. The van der Waals surface area contributed by atoms with E-state index in [1.807, 2.05) is 48.5 Å². The number of phenols is 2. The van der Waals surface area contributed by atoms with Crippen LogP contribution in [0.2, 0.25) is 10.0 Å². The number of nitrogens with zero attached hydrogens (tertiary/aromatic N) is 1. The highest BCUT2D eigenvalue weighted by atomic mass is 35.5. The summed E-state index contributed by atoms with van der Waals surface area (Å²) in [5.41, 5.74) is 4.45. The highest BCUT2D eigenvalue weighted by molar-refractivity contribution is 6.30. The fourth-order valence-electron chi connectivity index (χ4n) is 3.76. The lowest BCUT2D eigenvalue weighted by atomic mass is 9.85. The first-order valence-electron chi connectivity index (χ1n) is 9.27. The molecule has 3 N–H and O–H groups in total. The van der Waals surface area contributed by atoms with Crippen LogP contribution in [0.1, 0.15) is 23.1 Å². The van der Waals surface area contributed by atoms with Crippen molar-refractivity contribution in [2.75, 3.05) is 0 Å². The summed E-state index contributed by atoms with van der Waals surface area (Å²) >= 11 is 12.1. The minimum Gasteiger partial charge on any atom is -0.508 e. The second-order valence-electron chi connectivity index (χ2n) is 7.22. The summed E-state index contributed by atoms with van der Waals surface area (Å²) in [7, 11) is 0. The number of amides is 1. The van der Waals surface area contributed by atoms with Crippen molar-refractivity contribution in [3.8, 4) is 11.5 Å². The van der Waals surface area contributed by atoms with Gasteiger partial charge in [-0.2, -0.15) is 5.10 Å². The summed E-state index contributed by atoms with van der Waals surface area (Å²) in [6.07, 6.45) is 1.96. The summed E-state index contributed by atoms with van der Waals surface area (Å²) < 4.78 is 0. The number of benzene rings is 3. The average Bonchev–Trinajstić information content (AvgIpc) is 3.47. The molecular weight excluding hydrogens is 423 g/mol. The molecule has 1 atom stereocenters. The van der Waals surface area contributed by atoms with Crippen LogP contribution in [0.3, 0.4) is 0 Å².